The molecule has 216 valence electrons. The van der Waals surface area contributed by atoms with Gasteiger partial charge < -0.3 is 24.2 Å². The smallest absolute Gasteiger partial charge is 0.318 e. The van der Waals surface area contributed by atoms with E-state index in [9.17, 15) is 4.79 Å². The number of aromatic nitrogens is 2. The molecule has 2 fully saturated rings. The normalized spacial score (nSPS) is 19.4. The number of nitrogens with zero attached hydrogens (tertiary/aromatic N) is 6. The van der Waals surface area contributed by atoms with Gasteiger partial charge in [-0.15, -0.1) is 0 Å². The number of carbonyl (C=O) groups is 1. The number of hydrogen-bond donors (Lipinski definition) is 0. The largest absolute Gasteiger partial charge is 0.462 e. The molecule has 3 aliphatic heterocycles. The Morgan fingerprint density at radius 2 is 1.85 bits per heavy atom. The third-order valence-electron chi connectivity index (χ3n) is 8.68. The molecule has 0 unspecified atom stereocenters. The first-order chi connectivity index (χ1) is 20.1. The Hall–Kier alpha value is -3.69. The summed E-state index contributed by atoms with van der Waals surface area (Å²) in [5.41, 5.74) is 3.45. The van der Waals surface area contributed by atoms with Crippen LogP contribution in [0.25, 0.3) is 10.8 Å². The molecule has 0 N–H and O–H groups in total. The van der Waals surface area contributed by atoms with Crippen molar-refractivity contribution >= 4 is 28.2 Å². The fraction of sp³-hybridized carbons (Fsp3) is 0.469. The number of piperazine rings is 1. The number of hydrogen-bond acceptors (Lipinski definition) is 8. The minimum Gasteiger partial charge on any atom is -0.462 e. The molecule has 0 saturated carbocycles. The predicted molar refractivity (Wildman–Crippen MR) is 162 cm³/mol. The van der Waals surface area contributed by atoms with Gasteiger partial charge in [0.1, 0.15) is 12.4 Å². The molecular formula is C32H40N6O3. The minimum absolute atomic E-state index is 0.0151. The van der Waals surface area contributed by atoms with Gasteiger partial charge in [0.2, 0.25) is 5.91 Å². The van der Waals surface area contributed by atoms with E-state index >= 15 is 0 Å². The molecule has 9 heteroatoms. The summed E-state index contributed by atoms with van der Waals surface area (Å²) in [6, 6.07) is 15.8. The van der Waals surface area contributed by atoms with Gasteiger partial charge in [0.15, 0.2) is 0 Å². The van der Waals surface area contributed by atoms with Crippen molar-refractivity contribution in [1.29, 1.82) is 0 Å². The second-order valence-electron chi connectivity index (χ2n) is 11.1. The highest BCUT2D eigenvalue weighted by molar-refractivity contribution is 5.94. The van der Waals surface area contributed by atoms with E-state index in [1.807, 2.05) is 4.90 Å². The number of anilines is 2. The van der Waals surface area contributed by atoms with E-state index in [0.717, 1.165) is 63.7 Å². The number of amides is 1. The monoisotopic (exact) mass is 556 g/mol. The number of rotatable bonds is 9. The van der Waals surface area contributed by atoms with Gasteiger partial charge in [-0.25, -0.2) is 0 Å². The highest BCUT2D eigenvalue weighted by Gasteiger charge is 2.30. The summed E-state index contributed by atoms with van der Waals surface area (Å²) in [6.45, 7) is 11.3. The fourth-order valence-electron chi connectivity index (χ4n) is 6.43. The van der Waals surface area contributed by atoms with Gasteiger partial charge in [-0.2, -0.15) is 9.97 Å². The van der Waals surface area contributed by atoms with E-state index in [1.54, 1.807) is 7.11 Å². The van der Waals surface area contributed by atoms with Crippen LogP contribution in [0, 0.1) is 0 Å². The van der Waals surface area contributed by atoms with E-state index in [2.05, 4.69) is 63.7 Å². The van der Waals surface area contributed by atoms with Crippen molar-refractivity contribution in [3.63, 3.8) is 0 Å². The highest BCUT2D eigenvalue weighted by Crippen LogP contribution is 2.34. The third-order valence-corrected chi connectivity index (χ3v) is 8.68. The van der Waals surface area contributed by atoms with Gasteiger partial charge in [-0.05, 0) is 43.3 Å². The van der Waals surface area contributed by atoms with Crippen molar-refractivity contribution in [2.24, 2.45) is 0 Å². The molecule has 1 atom stereocenters. The van der Waals surface area contributed by atoms with E-state index in [0.29, 0.717) is 38.3 Å². The first-order valence-corrected chi connectivity index (χ1v) is 14.8. The summed E-state index contributed by atoms with van der Waals surface area (Å²) in [5, 5.41) is 2.49. The van der Waals surface area contributed by atoms with Crippen molar-refractivity contribution in [1.82, 2.24) is 19.8 Å². The molecular weight excluding hydrogens is 516 g/mol. The average Bonchev–Trinajstić information content (AvgIpc) is 3.48. The highest BCUT2D eigenvalue weighted by atomic mass is 16.5. The molecule has 2 saturated heterocycles. The van der Waals surface area contributed by atoms with Crippen LogP contribution >= 0.6 is 0 Å². The molecule has 3 aromatic rings. The minimum atomic E-state index is -0.0151. The predicted octanol–water partition coefficient (Wildman–Crippen LogP) is 3.52. The number of carbonyl (C=O) groups excluding carboxylic acids is 1. The Morgan fingerprint density at radius 3 is 2.68 bits per heavy atom. The first kappa shape index (κ1) is 27.5. The maximum absolute atomic E-state index is 12.2. The SMILES string of the molecule is C=CC(=O)N1CCN(c2nc(OC[C@@H]3CCCN3CCOC)nc3c2CCN(c2cccc4ccccc24)C3)CC1. The van der Waals surface area contributed by atoms with E-state index < -0.39 is 0 Å². The van der Waals surface area contributed by atoms with Gasteiger partial charge in [-0.1, -0.05) is 43.0 Å². The molecule has 0 radical (unpaired) electrons. The van der Waals surface area contributed by atoms with Crippen molar-refractivity contribution < 1.29 is 14.3 Å². The number of methoxy groups -OCH3 is 1. The average molecular weight is 557 g/mol. The van der Waals surface area contributed by atoms with E-state index in [1.165, 1.54) is 34.5 Å². The van der Waals surface area contributed by atoms with Crippen LogP contribution in [-0.4, -0.2) is 97.9 Å². The number of ether oxygens (including phenoxy) is 2. The Bertz CT molecular complexity index is 1380. The standard InChI is InChI=1S/C32H40N6O3/c1-3-30(39)36-16-18-37(19-17-36)31-27-13-15-38(29-12-6-9-24-8-4-5-11-26(24)29)22-28(27)33-32(34-31)41-23-25-10-7-14-35(25)20-21-40-2/h3-6,8-9,11-12,25H,1,7,10,13-23H2,2H3/t25-/m0/s1. The molecule has 0 bridgehead atoms. The van der Waals surface area contributed by atoms with E-state index in [4.69, 9.17) is 19.4 Å². The zero-order chi connectivity index (χ0) is 28.2. The fourth-order valence-corrected chi connectivity index (χ4v) is 6.43. The quantitative estimate of drug-likeness (QED) is 0.371. The molecule has 4 heterocycles. The Morgan fingerprint density at radius 1 is 1.02 bits per heavy atom. The molecule has 6 rings (SSSR count). The van der Waals surface area contributed by atoms with Crippen LogP contribution in [-0.2, 0) is 22.5 Å². The third kappa shape index (κ3) is 5.87. The Labute approximate surface area is 242 Å². The summed E-state index contributed by atoms with van der Waals surface area (Å²) in [7, 11) is 1.75. The van der Waals surface area contributed by atoms with E-state index in [-0.39, 0.29) is 5.91 Å². The molecule has 0 spiro atoms. The molecule has 2 aromatic carbocycles. The van der Waals surface area contributed by atoms with Crippen molar-refractivity contribution in [3.05, 3.63) is 66.4 Å². The lowest BCUT2D eigenvalue weighted by Gasteiger charge is -2.38. The summed E-state index contributed by atoms with van der Waals surface area (Å²) in [5.74, 6) is 0.939. The molecule has 3 aliphatic rings. The molecule has 9 nitrogen and oxygen atoms in total. The maximum Gasteiger partial charge on any atom is 0.318 e. The van der Waals surface area contributed by atoms with Crippen molar-refractivity contribution in [2.75, 3.05) is 75.9 Å². The van der Waals surface area contributed by atoms with Crippen molar-refractivity contribution in [2.45, 2.75) is 31.8 Å². The van der Waals surface area contributed by atoms with Crippen LogP contribution in [0.5, 0.6) is 6.01 Å². The van der Waals surface area contributed by atoms with Crippen molar-refractivity contribution in [3.8, 4) is 6.01 Å². The van der Waals surface area contributed by atoms with Crippen LogP contribution in [0.3, 0.4) is 0 Å². The molecule has 1 aromatic heterocycles. The van der Waals surface area contributed by atoms with Crippen LogP contribution in [0.15, 0.2) is 55.1 Å². The Balaban J connectivity index is 1.27. The van der Waals surface area contributed by atoms with Gasteiger partial charge >= 0.3 is 6.01 Å². The zero-order valence-electron chi connectivity index (χ0n) is 24.0. The number of likely N-dealkylation sites (tertiary alicyclic amines) is 1. The van der Waals surface area contributed by atoms with Crippen LogP contribution in [0.2, 0.25) is 0 Å². The van der Waals surface area contributed by atoms with Gasteiger partial charge in [0, 0.05) is 69.1 Å². The van der Waals surface area contributed by atoms with Gasteiger partial charge in [0.25, 0.3) is 0 Å². The lowest BCUT2D eigenvalue weighted by molar-refractivity contribution is -0.126. The van der Waals surface area contributed by atoms with Crippen LogP contribution in [0.4, 0.5) is 11.5 Å². The second-order valence-corrected chi connectivity index (χ2v) is 11.1. The maximum atomic E-state index is 12.2. The first-order valence-electron chi connectivity index (χ1n) is 14.8. The molecule has 0 aliphatic carbocycles. The molecule has 1 amide bonds. The lowest BCUT2D eigenvalue weighted by Crippen LogP contribution is -2.49. The van der Waals surface area contributed by atoms with Gasteiger partial charge in [0.05, 0.1) is 18.8 Å². The molecule has 41 heavy (non-hydrogen) atoms. The van der Waals surface area contributed by atoms with Crippen LogP contribution < -0.4 is 14.5 Å². The second kappa shape index (κ2) is 12.4. The van der Waals surface area contributed by atoms with Gasteiger partial charge in [-0.3, -0.25) is 9.69 Å². The summed E-state index contributed by atoms with van der Waals surface area (Å²) < 4.78 is 11.7. The van der Waals surface area contributed by atoms with Crippen LogP contribution in [0.1, 0.15) is 24.1 Å². The summed E-state index contributed by atoms with van der Waals surface area (Å²) >= 11 is 0. The number of fused-ring (bicyclic) bond motifs is 2. The summed E-state index contributed by atoms with van der Waals surface area (Å²) in [6.07, 6.45) is 4.53. The number of benzene rings is 2. The Kier molecular flexibility index (Phi) is 8.34. The zero-order valence-corrected chi connectivity index (χ0v) is 24.0. The topological polar surface area (TPSA) is 74.3 Å². The summed E-state index contributed by atoms with van der Waals surface area (Å²) in [4.78, 5) is 31.2. The lowest BCUT2D eigenvalue weighted by atomic mass is 10.0.